The maximum atomic E-state index is 9.20. The summed E-state index contributed by atoms with van der Waals surface area (Å²) in [6, 6.07) is 10.3. The summed E-state index contributed by atoms with van der Waals surface area (Å²) in [7, 11) is 1.70. The number of methoxy groups -OCH3 is 1. The molecule has 108 valence electrons. The lowest BCUT2D eigenvalue weighted by Crippen LogP contribution is -2.19. The van der Waals surface area contributed by atoms with Crippen LogP contribution in [0.15, 0.2) is 24.3 Å². The fraction of sp³-hybridized carbons (Fsp3) is 0.333. The highest BCUT2D eigenvalue weighted by Gasteiger charge is 2.29. The van der Waals surface area contributed by atoms with Gasteiger partial charge in [-0.05, 0) is 29.6 Å². The number of hydrogen-bond donors (Lipinski definition) is 0. The highest BCUT2D eigenvalue weighted by atomic mass is 35.5. The predicted octanol–water partition coefficient (Wildman–Crippen LogP) is 3.67. The van der Waals surface area contributed by atoms with E-state index in [1.807, 2.05) is 18.2 Å². The molecule has 4 nitrogen and oxygen atoms in total. The quantitative estimate of drug-likeness (QED) is 0.866. The van der Waals surface area contributed by atoms with Crippen molar-refractivity contribution in [1.29, 1.82) is 5.26 Å². The van der Waals surface area contributed by atoms with Gasteiger partial charge in [0.2, 0.25) is 0 Å². The van der Waals surface area contributed by atoms with Crippen LogP contribution < -0.4 is 9.64 Å². The molecule has 1 aromatic carbocycles. The molecule has 2 aromatic rings. The van der Waals surface area contributed by atoms with Crippen LogP contribution in [-0.2, 0) is 0 Å². The summed E-state index contributed by atoms with van der Waals surface area (Å²) in [6.07, 6.45) is 1.03. The van der Waals surface area contributed by atoms with Gasteiger partial charge in [-0.25, -0.2) is 0 Å². The molecule has 0 saturated carbocycles. The van der Waals surface area contributed by atoms with Crippen LogP contribution in [0.5, 0.6) is 5.75 Å². The maximum absolute atomic E-state index is 9.20. The molecule has 0 spiro atoms. The summed E-state index contributed by atoms with van der Waals surface area (Å²) >= 11 is 7.25. The third-order valence-electron chi connectivity index (χ3n) is 3.80. The van der Waals surface area contributed by atoms with E-state index in [0.29, 0.717) is 16.6 Å². The lowest BCUT2D eigenvalue weighted by Gasteiger charge is -2.17. The first-order valence-corrected chi connectivity index (χ1v) is 7.83. The van der Waals surface area contributed by atoms with Crippen molar-refractivity contribution in [2.45, 2.75) is 12.3 Å². The fourth-order valence-corrected chi connectivity index (χ4v) is 3.84. The third-order valence-corrected chi connectivity index (χ3v) is 5.08. The molecule has 0 N–H and O–H groups in total. The van der Waals surface area contributed by atoms with Crippen molar-refractivity contribution in [2.24, 2.45) is 0 Å². The van der Waals surface area contributed by atoms with E-state index in [2.05, 4.69) is 21.4 Å². The summed E-state index contributed by atoms with van der Waals surface area (Å²) in [5.74, 6) is 1.32. The topological polar surface area (TPSA) is 49.1 Å². The molecule has 3 rings (SSSR count). The largest absolute Gasteiger partial charge is 0.496 e. The molecule has 1 aliphatic heterocycles. The van der Waals surface area contributed by atoms with Gasteiger partial charge in [0, 0.05) is 19.0 Å². The number of rotatable bonds is 3. The Morgan fingerprint density at radius 2 is 2.29 bits per heavy atom. The normalized spacial score (nSPS) is 17.8. The number of para-hydroxylation sites is 1. The van der Waals surface area contributed by atoms with Gasteiger partial charge in [0.1, 0.15) is 22.4 Å². The van der Waals surface area contributed by atoms with E-state index in [4.69, 9.17) is 16.3 Å². The average molecular weight is 320 g/mol. The van der Waals surface area contributed by atoms with Gasteiger partial charge in [0.15, 0.2) is 5.15 Å². The van der Waals surface area contributed by atoms with Gasteiger partial charge in [0.05, 0.1) is 7.11 Å². The average Bonchev–Trinajstić information content (AvgIpc) is 3.13. The molecule has 1 fully saturated rings. The zero-order valence-corrected chi connectivity index (χ0v) is 13.1. The SMILES string of the molecule is COc1ccccc1C1CCN(c2snc(Cl)c2C#N)C1. The molecule has 21 heavy (non-hydrogen) atoms. The van der Waals surface area contributed by atoms with Crippen molar-refractivity contribution < 1.29 is 4.74 Å². The van der Waals surface area contributed by atoms with Gasteiger partial charge in [-0.15, -0.1) is 0 Å². The fourth-order valence-electron chi connectivity index (χ4n) is 2.77. The Morgan fingerprint density at radius 1 is 1.48 bits per heavy atom. The minimum absolute atomic E-state index is 0.304. The number of aromatic nitrogens is 1. The van der Waals surface area contributed by atoms with Gasteiger partial charge in [-0.1, -0.05) is 29.8 Å². The van der Waals surface area contributed by atoms with E-state index in [-0.39, 0.29) is 0 Å². The second-order valence-electron chi connectivity index (χ2n) is 4.94. The highest BCUT2D eigenvalue weighted by Crippen LogP contribution is 2.39. The van der Waals surface area contributed by atoms with Crippen LogP contribution >= 0.6 is 23.1 Å². The molecule has 0 radical (unpaired) electrons. The van der Waals surface area contributed by atoms with Gasteiger partial charge in [-0.3, -0.25) is 0 Å². The number of nitrogens with zero attached hydrogens (tertiary/aromatic N) is 3. The molecule has 0 bridgehead atoms. The summed E-state index contributed by atoms with van der Waals surface area (Å²) in [5.41, 5.74) is 1.71. The van der Waals surface area contributed by atoms with Gasteiger partial charge >= 0.3 is 0 Å². The predicted molar refractivity (Wildman–Crippen MR) is 84.4 cm³/mol. The highest BCUT2D eigenvalue weighted by molar-refractivity contribution is 7.10. The number of anilines is 1. The first-order valence-electron chi connectivity index (χ1n) is 6.67. The summed E-state index contributed by atoms with van der Waals surface area (Å²) in [4.78, 5) is 2.19. The minimum Gasteiger partial charge on any atom is -0.496 e. The van der Waals surface area contributed by atoms with Crippen LogP contribution in [0.1, 0.15) is 23.5 Å². The Labute approximate surface area is 132 Å². The Bertz CT molecular complexity index is 694. The molecule has 1 saturated heterocycles. The van der Waals surface area contributed by atoms with Crippen LogP contribution in [0.25, 0.3) is 0 Å². The van der Waals surface area contributed by atoms with E-state index in [1.165, 1.54) is 17.1 Å². The summed E-state index contributed by atoms with van der Waals surface area (Å²) < 4.78 is 9.53. The van der Waals surface area contributed by atoms with Gasteiger partial charge in [0.25, 0.3) is 0 Å². The van der Waals surface area contributed by atoms with E-state index < -0.39 is 0 Å². The molecule has 1 unspecified atom stereocenters. The monoisotopic (exact) mass is 319 g/mol. The third kappa shape index (κ3) is 2.57. The Hall–Kier alpha value is -1.77. The van der Waals surface area contributed by atoms with Crippen LogP contribution in [0.3, 0.4) is 0 Å². The van der Waals surface area contributed by atoms with Crippen LogP contribution in [0.4, 0.5) is 5.00 Å². The standard InChI is InChI=1S/C15H14ClN3OS/c1-20-13-5-3-2-4-11(13)10-6-7-19(9-10)15-12(8-17)14(16)18-21-15/h2-5,10H,6-7,9H2,1H3. The summed E-state index contributed by atoms with van der Waals surface area (Å²) in [6.45, 7) is 1.75. The minimum atomic E-state index is 0.304. The van der Waals surface area contributed by atoms with E-state index in [0.717, 1.165) is 30.3 Å². The number of halogens is 1. The van der Waals surface area contributed by atoms with Crippen molar-refractivity contribution in [3.8, 4) is 11.8 Å². The molecule has 1 atom stereocenters. The van der Waals surface area contributed by atoms with Crippen LogP contribution in [0, 0.1) is 11.3 Å². The van der Waals surface area contributed by atoms with E-state index in [1.54, 1.807) is 7.11 Å². The van der Waals surface area contributed by atoms with Crippen molar-refractivity contribution in [3.05, 3.63) is 40.5 Å². The van der Waals surface area contributed by atoms with Gasteiger partial charge in [-0.2, -0.15) is 9.64 Å². The lowest BCUT2D eigenvalue weighted by atomic mass is 9.97. The molecule has 2 heterocycles. The molecular weight excluding hydrogens is 306 g/mol. The maximum Gasteiger partial charge on any atom is 0.162 e. The number of hydrogen-bond acceptors (Lipinski definition) is 5. The smallest absolute Gasteiger partial charge is 0.162 e. The zero-order chi connectivity index (χ0) is 14.8. The Kier molecular flexibility index (Phi) is 4.00. The number of nitriles is 1. The first-order chi connectivity index (χ1) is 10.2. The van der Waals surface area contributed by atoms with E-state index in [9.17, 15) is 5.26 Å². The van der Waals surface area contributed by atoms with Crippen molar-refractivity contribution >= 4 is 28.1 Å². The Balaban J connectivity index is 1.84. The first kappa shape index (κ1) is 14.2. The van der Waals surface area contributed by atoms with E-state index >= 15 is 0 Å². The lowest BCUT2D eigenvalue weighted by molar-refractivity contribution is 0.406. The van der Waals surface area contributed by atoms with Crippen molar-refractivity contribution in [1.82, 2.24) is 4.37 Å². The Morgan fingerprint density at radius 3 is 3.05 bits per heavy atom. The van der Waals surface area contributed by atoms with Gasteiger partial charge < -0.3 is 9.64 Å². The number of benzene rings is 1. The molecule has 6 heteroatoms. The molecular formula is C15H14ClN3OS. The molecule has 0 amide bonds. The van der Waals surface area contributed by atoms with Crippen molar-refractivity contribution in [3.63, 3.8) is 0 Å². The zero-order valence-electron chi connectivity index (χ0n) is 11.5. The van der Waals surface area contributed by atoms with Crippen LogP contribution in [-0.4, -0.2) is 24.6 Å². The molecule has 1 aromatic heterocycles. The second kappa shape index (κ2) is 5.92. The van der Waals surface area contributed by atoms with Crippen LogP contribution in [0.2, 0.25) is 5.15 Å². The summed E-state index contributed by atoms with van der Waals surface area (Å²) in [5, 5.41) is 10.4. The molecule has 0 aliphatic carbocycles. The second-order valence-corrected chi connectivity index (χ2v) is 6.05. The molecule has 1 aliphatic rings. The number of ether oxygens (including phenoxy) is 1. The van der Waals surface area contributed by atoms with Crippen molar-refractivity contribution in [2.75, 3.05) is 25.1 Å².